The minimum Gasteiger partial charge on any atom is -0.447 e. The molecule has 3 nitrogen and oxygen atoms in total. The summed E-state index contributed by atoms with van der Waals surface area (Å²) in [4.78, 5) is 13.0. The van der Waals surface area contributed by atoms with E-state index >= 15 is 0 Å². The van der Waals surface area contributed by atoms with E-state index in [9.17, 15) is 4.79 Å². The Morgan fingerprint density at radius 2 is 2.60 bits per heavy atom. The summed E-state index contributed by atoms with van der Waals surface area (Å²) in [5, 5.41) is 0. The number of hydrogen-bond acceptors (Lipinski definition) is 3. The highest BCUT2D eigenvalue weighted by Gasteiger charge is 2.23. The number of hydrogen-bond donors (Lipinski definition) is 0. The van der Waals surface area contributed by atoms with Crippen LogP contribution in [0, 0.1) is 0 Å². The van der Waals surface area contributed by atoms with E-state index in [1.807, 2.05) is 6.92 Å². The van der Waals surface area contributed by atoms with Gasteiger partial charge < -0.3 is 4.74 Å². The third-order valence-electron chi connectivity index (χ3n) is 1.36. The zero-order valence-electron chi connectivity index (χ0n) is 5.79. The zero-order chi connectivity index (χ0) is 7.56. The molecule has 1 rings (SSSR count). The standard InChI is InChI=1S/C6H9NO2S/c1-2-5(10)7-3-4-9-6(7)8/h2-4H2,1H3. The molecule has 1 aliphatic rings. The highest BCUT2D eigenvalue weighted by molar-refractivity contribution is 7.80. The molecule has 0 bridgehead atoms. The third-order valence-corrected chi connectivity index (χ3v) is 1.87. The van der Waals surface area contributed by atoms with Gasteiger partial charge in [-0.25, -0.2) is 4.79 Å². The summed E-state index contributed by atoms with van der Waals surface area (Å²) in [6.07, 6.45) is 0.427. The molecule has 56 valence electrons. The SMILES string of the molecule is CCC(=S)N1CCOC1=O. The quantitative estimate of drug-likeness (QED) is 0.538. The lowest BCUT2D eigenvalue weighted by Gasteiger charge is -2.10. The third kappa shape index (κ3) is 1.26. The Morgan fingerprint density at radius 3 is 3.00 bits per heavy atom. The fourth-order valence-corrected chi connectivity index (χ4v) is 0.977. The van der Waals surface area contributed by atoms with E-state index in [2.05, 4.69) is 4.74 Å². The Labute approximate surface area is 65.0 Å². The number of carbonyl (C=O) groups excluding carboxylic acids is 1. The Hall–Kier alpha value is -0.640. The average Bonchev–Trinajstić information content (AvgIpc) is 2.34. The summed E-state index contributed by atoms with van der Waals surface area (Å²) in [5.74, 6) is 0. The molecule has 4 heteroatoms. The van der Waals surface area contributed by atoms with Gasteiger partial charge in [0, 0.05) is 0 Å². The number of cyclic esters (lactones) is 1. The molecule has 0 atom stereocenters. The van der Waals surface area contributed by atoms with Crippen LogP contribution in [-0.4, -0.2) is 29.1 Å². The molecular formula is C6H9NO2S. The molecule has 1 heterocycles. The molecule has 0 aromatic heterocycles. The van der Waals surface area contributed by atoms with E-state index in [-0.39, 0.29) is 6.09 Å². The van der Waals surface area contributed by atoms with Gasteiger partial charge in [-0.05, 0) is 6.42 Å². The molecule has 1 aliphatic heterocycles. The van der Waals surface area contributed by atoms with E-state index in [1.54, 1.807) is 0 Å². The maximum atomic E-state index is 10.8. The van der Waals surface area contributed by atoms with Gasteiger partial charge in [0.1, 0.15) is 6.61 Å². The molecule has 0 aromatic rings. The van der Waals surface area contributed by atoms with Crippen molar-refractivity contribution in [1.82, 2.24) is 4.90 Å². The maximum absolute atomic E-state index is 10.8. The lowest BCUT2D eigenvalue weighted by atomic mass is 10.4. The van der Waals surface area contributed by atoms with Crippen LogP contribution in [0.15, 0.2) is 0 Å². The minimum atomic E-state index is -0.299. The zero-order valence-corrected chi connectivity index (χ0v) is 6.61. The van der Waals surface area contributed by atoms with Gasteiger partial charge in [-0.3, -0.25) is 4.90 Å². The van der Waals surface area contributed by atoms with Crippen LogP contribution >= 0.6 is 12.2 Å². The van der Waals surface area contributed by atoms with E-state index < -0.39 is 0 Å². The van der Waals surface area contributed by atoms with Crippen LogP contribution in [0.5, 0.6) is 0 Å². The van der Waals surface area contributed by atoms with Gasteiger partial charge >= 0.3 is 6.09 Å². The van der Waals surface area contributed by atoms with Gasteiger partial charge in [0.05, 0.1) is 11.5 Å². The summed E-state index contributed by atoms with van der Waals surface area (Å²) < 4.78 is 4.69. The predicted octanol–water partition coefficient (Wildman–Crippen LogP) is 1.18. The van der Waals surface area contributed by atoms with Gasteiger partial charge in [0.25, 0.3) is 0 Å². The average molecular weight is 159 g/mol. The van der Waals surface area contributed by atoms with E-state index in [1.165, 1.54) is 4.90 Å². The summed E-state index contributed by atoms with van der Waals surface area (Å²) in [5.41, 5.74) is 0. The fraction of sp³-hybridized carbons (Fsp3) is 0.667. The summed E-state index contributed by atoms with van der Waals surface area (Å²) >= 11 is 4.92. The Morgan fingerprint density at radius 1 is 1.90 bits per heavy atom. The van der Waals surface area contributed by atoms with Crippen LogP contribution in [0.25, 0.3) is 0 Å². The lowest BCUT2D eigenvalue weighted by molar-refractivity contribution is 0.168. The number of amides is 1. The van der Waals surface area contributed by atoms with Crippen molar-refractivity contribution in [3.8, 4) is 0 Å². The van der Waals surface area contributed by atoms with E-state index in [4.69, 9.17) is 12.2 Å². The fourth-order valence-electron chi connectivity index (χ4n) is 0.811. The number of nitrogens with zero attached hydrogens (tertiary/aromatic N) is 1. The Balaban J connectivity index is 2.55. The monoisotopic (exact) mass is 159 g/mol. The summed E-state index contributed by atoms with van der Waals surface area (Å²) in [6, 6.07) is 0. The molecule has 0 aromatic carbocycles. The first-order valence-corrected chi connectivity index (χ1v) is 3.63. The Bertz CT molecular complexity index is 169. The van der Waals surface area contributed by atoms with Crippen molar-refractivity contribution in [2.24, 2.45) is 0 Å². The summed E-state index contributed by atoms with van der Waals surface area (Å²) in [6.45, 7) is 3.01. The Kier molecular flexibility index (Phi) is 2.21. The molecule has 0 radical (unpaired) electrons. The topological polar surface area (TPSA) is 29.5 Å². The molecule has 1 fully saturated rings. The van der Waals surface area contributed by atoms with Crippen LogP contribution in [0.3, 0.4) is 0 Å². The van der Waals surface area contributed by atoms with Crippen LogP contribution in [0.1, 0.15) is 13.3 Å². The molecular weight excluding hydrogens is 150 g/mol. The number of rotatable bonds is 1. The van der Waals surface area contributed by atoms with E-state index in [0.29, 0.717) is 18.1 Å². The van der Waals surface area contributed by atoms with Crippen molar-refractivity contribution in [2.75, 3.05) is 13.2 Å². The van der Waals surface area contributed by atoms with Crippen molar-refractivity contribution in [3.63, 3.8) is 0 Å². The van der Waals surface area contributed by atoms with Crippen LogP contribution in [0.2, 0.25) is 0 Å². The van der Waals surface area contributed by atoms with Crippen LogP contribution < -0.4 is 0 Å². The molecule has 0 spiro atoms. The normalized spacial score (nSPS) is 17.3. The van der Waals surface area contributed by atoms with Crippen LogP contribution in [0.4, 0.5) is 4.79 Å². The number of ether oxygens (including phenoxy) is 1. The van der Waals surface area contributed by atoms with Crippen molar-refractivity contribution in [3.05, 3.63) is 0 Å². The van der Waals surface area contributed by atoms with Gasteiger partial charge in [0.2, 0.25) is 0 Å². The molecule has 1 amide bonds. The second kappa shape index (κ2) is 2.96. The van der Waals surface area contributed by atoms with Gasteiger partial charge in [-0.1, -0.05) is 19.1 Å². The first-order valence-electron chi connectivity index (χ1n) is 3.23. The maximum Gasteiger partial charge on any atom is 0.414 e. The van der Waals surface area contributed by atoms with Crippen molar-refractivity contribution in [1.29, 1.82) is 0 Å². The van der Waals surface area contributed by atoms with Gasteiger partial charge in [0.15, 0.2) is 0 Å². The first kappa shape index (κ1) is 7.47. The van der Waals surface area contributed by atoms with Gasteiger partial charge in [-0.2, -0.15) is 0 Å². The van der Waals surface area contributed by atoms with Crippen molar-refractivity contribution < 1.29 is 9.53 Å². The molecule has 10 heavy (non-hydrogen) atoms. The number of thiocarbonyl (C=S) groups is 1. The molecule has 0 unspecified atom stereocenters. The highest BCUT2D eigenvalue weighted by atomic mass is 32.1. The second-order valence-electron chi connectivity index (χ2n) is 2.01. The highest BCUT2D eigenvalue weighted by Crippen LogP contribution is 2.06. The van der Waals surface area contributed by atoms with Crippen molar-refractivity contribution in [2.45, 2.75) is 13.3 Å². The first-order chi connectivity index (χ1) is 4.75. The molecule has 0 saturated carbocycles. The second-order valence-corrected chi connectivity index (χ2v) is 2.48. The largest absolute Gasteiger partial charge is 0.447 e. The lowest BCUT2D eigenvalue weighted by Crippen LogP contribution is -2.29. The summed E-state index contributed by atoms with van der Waals surface area (Å²) in [7, 11) is 0. The predicted molar refractivity (Wildman–Crippen MR) is 40.9 cm³/mol. The minimum absolute atomic E-state index is 0.299. The van der Waals surface area contributed by atoms with Gasteiger partial charge in [-0.15, -0.1) is 0 Å². The molecule has 1 saturated heterocycles. The smallest absolute Gasteiger partial charge is 0.414 e. The van der Waals surface area contributed by atoms with Crippen molar-refractivity contribution >= 4 is 23.3 Å². The molecule has 0 aliphatic carbocycles. The molecule has 0 N–H and O–H groups in total. The van der Waals surface area contributed by atoms with E-state index in [0.717, 1.165) is 6.42 Å². The van der Waals surface area contributed by atoms with Crippen LogP contribution in [-0.2, 0) is 4.74 Å². The number of carbonyl (C=O) groups is 1.